The normalized spacial score (nSPS) is 10.1. The number of carbonyl (C=O) groups is 1. The Morgan fingerprint density at radius 1 is 1.67 bits per heavy atom. The Morgan fingerprint density at radius 3 is 3.07 bits per heavy atom. The molecule has 0 spiro atoms. The second-order valence-corrected chi connectivity index (χ2v) is 4.26. The molecule has 1 heterocycles. The molecule has 0 saturated heterocycles. The summed E-state index contributed by atoms with van der Waals surface area (Å²) in [5, 5.41) is 0.166. The Balaban J connectivity index is 2.68. The van der Waals surface area contributed by atoms with E-state index in [1.165, 1.54) is 6.20 Å². The topological polar surface area (TPSA) is 39.2 Å². The number of esters is 1. The molecular formula is C10H11BrClNO2. The summed E-state index contributed by atoms with van der Waals surface area (Å²) >= 11 is 8.99. The first-order chi connectivity index (χ1) is 7.15. The van der Waals surface area contributed by atoms with Gasteiger partial charge < -0.3 is 4.74 Å². The van der Waals surface area contributed by atoms with Crippen molar-refractivity contribution in [3.8, 4) is 0 Å². The van der Waals surface area contributed by atoms with E-state index in [1.807, 2.05) is 6.92 Å². The van der Waals surface area contributed by atoms with Crippen molar-refractivity contribution in [2.45, 2.75) is 19.8 Å². The molecule has 5 heteroatoms. The number of ether oxygens (including phenoxy) is 1. The van der Waals surface area contributed by atoms with Crippen molar-refractivity contribution in [1.82, 2.24) is 4.98 Å². The highest BCUT2D eigenvalue weighted by atomic mass is 79.9. The summed E-state index contributed by atoms with van der Waals surface area (Å²) in [5.74, 6) is -0.428. The summed E-state index contributed by atoms with van der Waals surface area (Å²) in [5.41, 5.74) is 0.294. The maximum absolute atomic E-state index is 11.5. The summed E-state index contributed by atoms with van der Waals surface area (Å²) in [6.07, 6.45) is 3.37. The van der Waals surface area contributed by atoms with Gasteiger partial charge in [-0.25, -0.2) is 9.78 Å². The van der Waals surface area contributed by atoms with Crippen LogP contribution in [0.3, 0.4) is 0 Å². The van der Waals surface area contributed by atoms with E-state index >= 15 is 0 Å². The molecule has 1 aromatic heterocycles. The van der Waals surface area contributed by atoms with E-state index < -0.39 is 5.97 Å². The summed E-state index contributed by atoms with van der Waals surface area (Å²) in [6.45, 7) is 2.44. The highest BCUT2D eigenvalue weighted by molar-refractivity contribution is 9.10. The SMILES string of the molecule is CCCCOC(=O)c1cc(Br)cnc1Cl. The third-order valence-corrected chi connectivity index (χ3v) is 2.49. The van der Waals surface area contributed by atoms with Gasteiger partial charge in [-0.1, -0.05) is 24.9 Å². The molecule has 0 N–H and O–H groups in total. The van der Waals surface area contributed by atoms with Gasteiger partial charge in [-0.15, -0.1) is 0 Å². The number of unbranched alkanes of at least 4 members (excludes halogenated alkanes) is 1. The lowest BCUT2D eigenvalue weighted by molar-refractivity contribution is 0.0499. The van der Waals surface area contributed by atoms with Crippen molar-refractivity contribution in [1.29, 1.82) is 0 Å². The Labute approximate surface area is 102 Å². The second kappa shape index (κ2) is 6.08. The number of nitrogens with zero attached hydrogens (tertiary/aromatic N) is 1. The lowest BCUT2D eigenvalue weighted by Crippen LogP contribution is -2.07. The maximum Gasteiger partial charge on any atom is 0.341 e. The smallest absolute Gasteiger partial charge is 0.341 e. The molecule has 0 unspecified atom stereocenters. The highest BCUT2D eigenvalue weighted by Crippen LogP contribution is 2.18. The van der Waals surface area contributed by atoms with Crippen molar-refractivity contribution < 1.29 is 9.53 Å². The zero-order valence-corrected chi connectivity index (χ0v) is 10.6. The first-order valence-electron chi connectivity index (χ1n) is 4.63. The van der Waals surface area contributed by atoms with E-state index in [2.05, 4.69) is 20.9 Å². The van der Waals surface area contributed by atoms with Crippen LogP contribution >= 0.6 is 27.5 Å². The van der Waals surface area contributed by atoms with Crippen LogP contribution in [-0.2, 0) is 4.74 Å². The van der Waals surface area contributed by atoms with Gasteiger partial charge in [0.1, 0.15) is 5.15 Å². The van der Waals surface area contributed by atoms with E-state index in [0.29, 0.717) is 16.6 Å². The Hall–Kier alpha value is -0.610. The third-order valence-electron chi connectivity index (χ3n) is 1.76. The molecule has 0 fully saturated rings. The second-order valence-electron chi connectivity index (χ2n) is 2.98. The Morgan fingerprint density at radius 2 is 2.40 bits per heavy atom. The van der Waals surface area contributed by atoms with Gasteiger partial charge in [0.15, 0.2) is 0 Å². The van der Waals surface area contributed by atoms with Gasteiger partial charge in [0.2, 0.25) is 0 Å². The van der Waals surface area contributed by atoms with Crippen LogP contribution < -0.4 is 0 Å². The van der Waals surface area contributed by atoms with E-state index in [9.17, 15) is 4.79 Å². The van der Waals surface area contributed by atoms with Gasteiger partial charge in [-0.2, -0.15) is 0 Å². The molecule has 0 aliphatic rings. The summed E-state index contributed by atoms with van der Waals surface area (Å²) in [7, 11) is 0. The van der Waals surface area contributed by atoms with Crippen LogP contribution in [0.15, 0.2) is 16.7 Å². The fourth-order valence-corrected chi connectivity index (χ4v) is 1.46. The summed E-state index contributed by atoms with van der Waals surface area (Å²) in [4.78, 5) is 15.4. The minimum absolute atomic E-state index is 0.166. The van der Waals surface area contributed by atoms with E-state index in [1.54, 1.807) is 6.07 Å². The fraction of sp³-hybridized carbons (Fsp3) is 0.400. The number of pyridine rings is 1. The Kier molecular flexibility index (Phi) is 5.05. The molecule has 0 radical (unpaired) electrons. The van der Waals surface area contributed by atoms with Gasteiger partial charge in [-0.05, 0) is 28.4 Å². The maximum atomic E-state index is 11.5. The van der Waals surface area contributed by atoms with Crippen LogP contribution in [-0.4, -0.2) is 17.6 Å². The predicted molar refractivity (Wildman–Crippen MR) is 62.1 cm³/mol. The van der Waals surface area contributed by atoms with E-state index in [0.717, 1.165) is 12.8 Å². The third kappa shape index (κ3) is 3.80. The van der Waals surface area contributed by atoms with Crippen molar-refractivity contribution >= 4 is 33.5 Å². The zero-order valence-electron chi connectivity index (χ0n) is 8.30. The molecule has 1 rings (SSSR count). The van der Waals surface area contributed by atoms with Crippen LogP contribution in [0.1, 0.15) is 30.1 Å². The number of hydrogen-bond acceptors (Lipinski definition) is 3. The molecule has 82 valence electrons. The number of hydrogen-bond donors (Lipinski definition) is 0. The standard InChI is InChI=1S/C10H11BrClNO2/c1-2-3-4-15-10(14)8-5-7(11)6-13-9(8)12/h5-6H,2-4H2,1H3. The average Bonchev–Trinajstić information content (AvgIpc) is 2.22. The van der Waals surface area contributed by atoms with Crippen LogP contribution in [0.25, 0.3) is 0 Å². The minimum atomic E-state index is -0.428. The van der Waals surface area contributed by atoms with Gasteiger partial charge in [0.05, 0.1) is 12.2 Å². The van der Waals surface area contributed by atoms with Crippen LogP contribution in [0, 0.1) is 0 Å². The van der Waals surface area contributed by atoms with Crippen molar-refractivity contribution in [3.05, 3.63) is 27.5 Å². The minimum Gasteiger partial charge on any atom is -0.462 e. The predicted octanol–water partition coefficient (Wildman–Crippen LogP) is 3.45. The van der Waals surface area contributed by atoms with Gasteiger partial charge in [-0.3, -0.25) is 0 Å². The lowest BCUT2D eigenvalue weighted by atomic mass is 10.3. The largest absolute Gasteiger partial charge is 0.462 e. The number of halogens is 2. The summed E-state index contributed by atoms with van der Waals surface area (Å²) < 4.78 is 5.72. The molecule has 3 nitrogen and oxygen atoms in total. The first kappa shape index (κ1) is 12.5. The van der Waals surface area contributed by atoms with E-state index in [4.69, 9.17) is 16.3 Å². The van der Waals surface area contributed by atoms with Crippen LogP contribution in [0.4, 0.5) is 0 Å². The molecule has 0 saturated carbocycles. The van der Waals surface area contributed by atoms with Crippen molar-refractivity contribution in [3.63, 3.8) is 0 Å². The van der Waals surface area contributed by atoms with Gasteiger partial charge in [0, 0.05) is 10.7 Å². The highest BCUT2D eigenvalue weighted by Gasteiger charge is 2.12. The monoisotopic (exact) mass is 291 g/mol. The molecule has 0 amide bonds. The van der Waals surface area contributed by atoms with Gasteiger partial charge in [0.25, 0.3) is 0 Å². The molecule has 0 atom stereocenters. The molecular weight excluding hydrogens is 281 g/mol. The fourth-order valence-electron chi connectivity index (χ4n) is 0.953. The molecule has 0 aliphatic carbocycles. The van der Waals surface area contributed by atoms with Crippen molar-refractivity contribution in [2.24, 2.45) is 0 Å². The zero-order chi connectivity index (χ0) is 11.3. The quantitative estimate of drug-likeness (QED) is 0.485. The van der Waals surface area contributed by atoms with E-state index in [-0.39, 0.29) is 5.15 Å². The number of rotatable bonds is 4. The van der Waals surface area contributed by atoms with Crippen LogP contribution in [0.5, 0.6) is 0 Å². The lowest BCUT2D eigenvalue weighted by Gasteiger charge is -2.05. The molecule has 15 heavy (non-hydrogen) atoms. The molecule has 0 aromatic carbocycles. The molecule has 1 aromatic rings. The molecule has 0 aliphatic heterocycles. The van der Waals surface area contributed by atoms with Crippen LogP contribution in [0.2, 0.25) is 5.15 Å². The summed E-state index contributed by atoms with van der Waals surface area (Å²) in [6, 6.07) is 1.60. The van der Waals surface area contributed by atoms with Gasteiger partial charge >= 0.3 is 5.97 Å². The first-order valence-corrected chi connectivity index (χ1v) is 5.80. The Bertz CT molecular complexity index is 357. The van der Waals surface area contributed by atoms with Crippen molar-refractivity contribution in [2.75, 3.05) is 6.61 Å². The average molecular weight is 293 g/mol. The number of carbonyl (C=O) groups excluding carboxylic acids is 1. The molecule has 0 bridgehead atoms. The number of aromatic nitrogens is 1.